The zero-order valence-electron chi connectivity index (χ0n) is 5.87. The highest BCUT2D eigenvalue weighted by molar-refractivity contribution is 5.99. The molecule has 0 aromatic rings. The van der Waals surface area contributed by atoms with E-state index in [-0.39, 0.29) is 11.3 Å². The molecule has 6 aliphatic carbocycles. The zero-order chi connectivity index (χ0) is 7.12. The lowest BCUT2D eigenvalue weighted by atomic mass is 9.03. The number of carbonyl (C=O) groups excluding carboxylic acids is 1. The molecule has 0 aromatic carbocycles. The van der Waals surface area contributed by atoms with Crippen LogP contribution < -0.4 is 5.73 Å². The Labute approximate surface area is 63.4 Å². The molecule has 2 N–H and O–H groups in total. The summed E-state index contributed by atoms with van der Waals surface area (Å²) in [4.78, 5) is 11.2. The fourth-order valence-corrected chi connectivity index (χ4v) is 5.06. The number of carbonyl (C=O) groups is 1. The molecule has 0 radical (unpaired) electrons. The second kappa shape index (κ2) is 0.728. The highest BCUT2D eigenvalue weighted by Gasteiger charge is 3.00. The molecule has 6 unspecified atom stereocenters. The summed E-state index contributed by atoms with van der Waals surface area (Å²) in [6.45, 7) is 0. The third-order valence-corrected chi connectivity index (χ3v) is 5.20. The molecule has 6 rings (SSSR count). The maximum absolute atomic E-state index is 11.2. The van der Waals surface area contributed by atoms with Crippen molar-refractivity contribution < 1.29 is 4.79 Å². The van der Waals surface area contributed by atoms with Gasteiger partial charge in [-0.05, 0) is 29.2 Å². The fraction of sp³-hybridized carbons (Fsp3) is 0.667. The van der Waals surface area contributed by atoms with Crippen molar-refractivity contribution in [2.75, 3.05) is 0 Å². The molecule has 4 fully saturated rings. The molecular formula is C9H7NO. The molecular weight excluding hydrogens is 138 g/mol. The number of nitrogens with two attached hydrogens (primary N) is 1. The molecule has 0 bridgehead atoms. The SMILES string of the molecule is NC(=O)C12C3=C4C5C3C1C5C42. The first-order chi connectivity index (χ1) is 5.31. The quantitative estimate of drug-likeness (QED) is 0.514. The first-order valence-corrected chi connectivity index (χ1v) is 4.35. The van der Waals surface area contributed by atoms with Crippen molar-refractivity contribution in [1.29, 1.82) is 0 Å². The lowest BCUT2D eigenvalue weighted by Crippen LogP contribution is -2.98. The van der Waals surface area contributed by atoms with E-state index in [1.807, 2.05) is 0 Å². The predicted octanol–water partition coefficient (Wildman–Crippen LogP) is -0.0963. The topological polar surface area (TPSA) is 43.1 Å². The molecule has 54 valence electrons. The Kier molecular flexibility index (Phi) is 0.284. The summed E-state index contributed by atoms with van der Waals surface area (Å²) >= 11 is 0. The van der Waals surface area contributed by atoms with Gasteiger partial charge in [0.05, 0.1) is 5.41 Å². The minimum absolute atomic E-state index is 0.0145. The third kappa shape index (κ3) is 0.137. The number of hydrogen-bond donors (Lipinski definition) is 1. The second-order valence-electron chi connectivity index (χ2n) is 4.73. The molecule has 6 aliphatic rings. The van der Waals surface area contributed by atoms with Gasteiger partial charge in [-0.15, -0.1) is 0 Å². The van der Waals surface area contributed by atoms with E-state index >= 15 is 0 Å². The van der Waals surface area contributed by atoms with Gasteiger partial charge in [0.1, 0.15) is 0 Å². The van der Waals surface area contributed by atoms with Crippen LogP contribution in [0.25, 0.3) is 0 Å². The molecule has 11 heavy (non-hydrogen) atoms. The molecule has 1 amide bonds. The largest absolute Gasteiger partial charge is 0.369 e. The van der Waals surface area contributed by atoms with E-state index in [1.54, 1.807) is 5.57 Å². The van der Waals surface area contributed by atoms with Gasteiger partial charge in [-0.25, -0.2) is 0 Å². The minimum Gasteiger partial charge on any atom is -0.369 e. The van der Waals surface area contributed by atoms with Crippen molar-refractivity contribution in [3.63, 3.8) is 0 Å². The predicted molar refractivity (Wildman–Crippen MR) is 36.1 cm³/mol. The Morgan fingerprint density at radius 2 is 2.27 bits per heavy atom. The number of rotatable bonds is 1. The van der Waals surface area contributed by atoms with E-state index in [0.29, 0.717) is 5.92 Å². The van der Waals surface area contributed by atoms with Gasteiger partial charge in [-0.3, -0.25) is 4.79 Å². The minimum atomic E-state index is -0.0168. The van der Waals surface area contributed by atoms with E-state index in [4.69, 9.17) is 5.73 Å². The highest BCUT2D eigenvalue weighted by Crippen LogP contribution is 3.02. The van der Waals surface area contributed by atoms with Crippen molar-refractivity contribution in [3.8, 4) is 0 Å². The molecule has 0 heterocycles. The first-order valence-electron chi connectivity index (χ1n) is 4.35. The van der Waals surface area contributed by atoms with Crippen LogP contribution in [-0.4, -0.2) is 5.91 Å². The molecule has 4 saturated carbocycles. The van der Waals surface area contributed by atoms with E-state index in [1.165, 1.54) is 5.57 Å². The molecule has 2 heteroatoms. The summed E-state index contributed by atoms with van der Waals surface area (Å²) in [5.41, 5.74) is 8.58. The van der Waals surface area contributed by atoms with E-state index in [9.17, 15) is 4.79 Å². The molecule has 0 saturated heterocycles. The fourth-order valence-electron chi connectivity index (χ4n) is 5.06. The van der Waals surface area contributed by atoms with E-state index < -0.39 is 0 Å². The van der Waals surface area contributed by atoms with Crippen LogP contribution in [0.2, 0.25) is 0 Å². The van der Waals surface area contributed by atoms with Crippen molar-refractivity contribution in [2.45, 2.75) is 0 Å². The van der Waals surface area contributed by atoms with Crippen molar-refractivity contribution in [2.24, 2.45) is 40.7 Å². The Balaban J connectivity index is 1.91. The third-order valence-electron chi connectivity index (χ3n) is 5.20. The lowest BCUT2D eigenvalue weighted by Gasteiger charge is -2.99. The van der Waals surface area contributed by atoms with Gasteiger partial charge in [0.25, 0.3) is 0 Å². The van der Waals surface area contributed by atoms with Gasteiger partial charge in [0.15, 0.2) is 0 Å². The summed E-state index contributed by atoms with van der Waals surface area (Å²) in [5, 5.41) is 0. The lowest BCUT2D eigenvalue weighted by molar-refractivity contribution is -0.374. The van der Waals surface area contributed by atoms with Gasteiger partial charge in [0.2, 0.25) is 5.91 Å². The highest BCUT2D eigenvalue weighted by atomic mass is 16.1. The number of allylic oxidation sites excluding steroid dienone is 1. The monoisotopic (exact) mass is 145 g/mol. The number of primary amides is 1. The van der Waals surface area contributed by atoms with Gasteiger partial charge < -0.3 is 5.73 Å². The standard InChI is InChI=1S/C9H7NO/c10-8(11)9-5-2-1-3(5)7(9)4(1)6(2)9/h1-3,5-6H,(H2,10,11). The van der Waals surface area contributed by atoms with Crippen molar-refractivity contribution >= 4 is 5.91 Å². The molecule has 2 nitrogen and oxygen atoms in total. The van der Waals surface area contributed by atoms with E-state index in [0.717, 1.165) is 23.7 Å². The average Bonchev–Trinajstić information content (AvgIpc) is 2.05. The summed E-state index contributed by atoms with van der Waals surface area (Å²) in [6, 6.07) is 0. The van der Waals surface area contributed by atoms with E-state index in [2.05, 4.69) is 0 Å². The van der Waals surface area contributed by atoms with Crippen molar-refractivity contribution in [1.82, 2.24) is 0 Å². The summed E-state index contributed by atoms with van der Waals surface area (Å²) < 4.78 is 0. The van der Waals surface area contributed by atoms with Crippen LogP contribution in [0.5, 0.6) is 0 Å². The number of hydrogen-bond acceptors (Lipinski definition) is 1. The van der Waals surface area contributed by atoms with Crippen LogP contribution in [0.15, 0.2) is 11.1 Å². The van der Waals surface area contributed by atoms with Gasteiger partial charge in [0, 0.05) is 5.92 Å². The Hall–Kier alpha value is -0.790. The van der Waals surface area contributed by atoms with Crippen LogP contribution in [0.1, 0.15) is 0 Å². The normalized spacial score (nSPS) is 75.1. The van der Waals surface area contributed by atoms with Gasteiger partial charge >= 0.3 is 0 Å². The van der Waals surface area contributed by atoms with Gasteiger partial charge in [-0.1, -0.05) is 5.57 Å². The number of amides is 1. The maximum atomic E-state index is 11.2. The van der Waals surface area contributed by atoms with Crippen LogP contribution in [-0.2, 0) is 4.79 Å². The van der Waals surface area contributed by atoms with Gasteiger partial charge in [-0.2, -0.15) is 0 Å². The molecule has 0 spiro atoms. The molecule has 0 aromatic heterocycles. The Morgan fingerprint density at radius 1 is 1.45 bits per heavy atom. The summed E-state index contributed by atoms with van der Waals surface area (Å²) in [5.74, 6) is 4.17. The second-order valence-corrected chi connectivity index (χ2v) is 4.73. The first kappa shape index (κ1) is 4.29. The molecule has 6 atom stereocenters. The average molecular weight is 145 g/mol. The van der Waals surface area contributed by atoms with Crippen LogP contribution in [0.3, 0.4) is 0 Å². The Morgan fingerprint density at radius 3 is 2.55 bits per heavy atom. The van der Waals surface area contributed by atoms with Crippen LogP contribution >= 0.6 is 0 Å². The molecule has 0 aliphatic heterocycles. The Bertz CT molecular complexity index is 396. The van der Waals surface area contributed by atoms with Crippen molar-refractivity contribution in [3.05, 3.63) is 11.1 Å². The smallest absolute Gasteiger partial charge is 0.228 e. The zero-order valence-corrected chi connectivity index (χ0v) is 5.87. The summed E-state index contributed by atoms with van der Waals surface area (Å²) in [6.07, 6.45) is 0. The van der Waals surface area contributed by atoms with Crippen LogP contribution in [0, 0.1) is 35.0 Å². The summed E-state index contributed by atoms with van der Waals surface area (Å²) in [7, 11) is 0. The van der Waals surface area contributed by atoms with Crippen LogP contribution in [0.4, 0.5) is 0 Å². The maximum Gasteiger partial charge on any atom is 0.228 e.